The van der Waals surface area contributed by atoms with Crippen molar-refractivity contribution < 1.29 is 4.79 Å². The van der Waals surface area contributed by atoms with E-state index in [2.05, 4.69) is 0 Å². The summed E-state index contributed by atoms with van der Waals surface area (Å²) in [5, 5.41) is 0. The van der Waals surface area contributed by atoms with Crippen molar-refractivity contribution in [2.45, 2.75) is 57.5 Å². The van der Waals surface area contributed by atoms with Gasteiger partial charge in [-0.3, -0.25) is 0 Å². The van der Waals surface area contributed by atoms with Gasteiger partial charge in [-0.15, -0.1) is 66.5 Å². The van der Waals surface area contributed by atoms with E-state index in [1.807, 2.05) is 0 Å². The number of Topliss-reactive ketones (excluding diaryl/α,β-unsaturated/α-hetero) is 1. The van der Waals surface area contributed by atoms with Crippen LogP contribution >= 0.6 is 66.5 Å². The number of carbonyl (C=O) groups is 1. The minimum absolute atomic E-state index is 0.242. The highest BCUT2D eigenvalue weighted by atomic mass is 35.8. The molecule has 0 spiro atoms. The standard InChI is InChI=1S/C13H22Cl6OSi2/c1-10(20)2-3-12-8-11(4-6-21(14,15)16)9-13(12)5-7-22(17,18)19/h11-13H,2-9H2,1H3. The van der Waals surface area contributed by atoms with Crippen LogP contribution < -0.4 is 0 Å². The maximum Gasteiger partial charge on any atom is 0.341 e. The molecule has 1 saturated carbocycles. The number of rotatable bonds is 9. The van der Waals surface area contributed by atoms with Gasteiger partial charge >= 0.3 is 12.0 Å². The molecule has 22 heavy (non-hydrogen) atoms. The van der Waals surface area contributed by atoms with Crippen LogP contribution in [0, 0.1) is 17.8 Å². The van der Waals surface area contributed by atoms with E-state index in [9.17, 15) is 4.79 Å². The van der Waals surface area contributed by atoms with Gasteiger partial charge < -0.3 is 4.79 Å². The number of halogens is 6. The highest BCUT2D eigenvalue weighted by Crippen LogP contribution is 2.46. The molecule has 0 saturated heterocycles. The molecule has 0 radical (unpaired) electrons. The lowest BCUT2D eigenvalue weighted by Crippen LogP contribution is -2.15. The van der Waals surface area contributed by atoms with Crippen molar-refractivity contribution in [3.8, 4) is 0 Å². The number of ketones is 1. The largest absolute Gasteiger partial charge is 0.341 e. The molecule has 1 aliphatic rings. The normalized spacial score (nSPS) is 26.4. The molecule has 0 aromatic rings. The molecule has 0 aromatic heterocycles. The third kappa shape index (κ3) is 9.98. The first-order valence-corrected chi connectivity index (χ1v) is 18.1. The Bertz CT molecular complexity index is 369. The van der Waals surface area contributed by atoms with E-state index in [-0.39, 0.29) is 5.78 Å². The van der Waals surface area contributed by atoms with Gasteiger partial charge in [-0.1, -0.05) is 0 Å². The predicted molar refractivity (Wildman–Crippen MR) is 105 cm³/mol. The van der Waals surface area contributed by atoms with Gasteiger partial charge in [0.05, 0.1) is 0 Å². The van der Waals surface area contributed by atoms with E-state index in [1.165, 1.54) is 0 Å². The first-order valence-electron chi connectivity index (χ1n) is 7.59. The van der Waals surface area contributed by atoms with Gasteiger partial charge in [0, 0.05) is 6.42 Å². The average Bonchev–Trinajstić information content (AvgIpc) is 2.72. The summed E-state index contributed by atoms with van der Waals surface area (Å²) in [5.41, 5.74) is 0. The van der Waals surface area contributed by atoms with Gasteiger partial charge in [0.25, 0.3) is 0 Å². The van der Waals surface area contributed by atoms with Crippen molar-refractivity contribution in [1.82, 2.24) is 0 Å². The van der Waals surface area contributed by atoms with Gasteiger partial charge in [-0.05, 0) is 68.9 Å². The smallest absolute Gasteiger partial charge is 0.300 e. The van der Waals surface area contributed by atoms with Gasteiger partial charge in [0.15, 0.2) is 0 Å². The molecule has 0 bridgehead atoms. The van der Waals surface area contributed by atoms with Crippen LogP contribution in [-0.4, -0.2) is 17.8 Å². The third-order valence-electron chi connectivity index (χ3n) is 4.44. The van der Waals surface area contributed by atoms with Crippen LogP contribution in [0.3, 0.4) is 0 Å². The lowest BCUT2D eigenvalue weighted by atomic mass is 9.89. The van der Waals surface area contributed by atoms with Crippen LogP contribution in [0.15, 0.2) is 0 Å². The van der Waals surface area contributed by atoms with E-state index < -0.39 is 12.0 Å². The second-order valence-electron chi connectivity index (χ2n) is 6.41. The molecule has 0 heterocycles. The Morgan fingerprint density at radius 1 is 0.864 bits per heavy atom. The molecule has 0 aliphatic heterocycles. The van der Waals surface area contributed by atoms with E-state index in [4.69, 9.17) is 66.5 Å². The van der Waals surface area contributed by atoms with Crippen LogP contribution in [-0.2, 0) is 4.79 Å². The molecule has 0 N–H and O–H groups in total. The van der Waals surface area contributed by atoms with Gasteiger partial charge in [0.2, 0.25) is 0 Å². The fraction of sp³-hybridized carbons (Fsp3) is 0.923. The maximum atomic E-state index is 11.3. The second kappa shape index (κ2) is 9.52. The number of carbonyl (C=O) groups excluding carboxylic acids is 1. The van der Waals surface area contributed by atoms with E-state index >= 15 is 0 Å². The lowest BCUT2D eigenvalue weighted by Gasteiger charge is -2.20. The molecule has 0 amide bonds. The molecule has 3 unspecified atom stereocenters. The molecule has 0 aromatic carbocycles. The molecule has 130 valence electrons. The second-order valence-corrected chi connectivity index (χ2v) is 25.0. The number of hydrogen-bond acceptors (Lipinski definition) is 1. The minimum atomic E-state index is -2.58. The third-order valence-corrected chi connectivity index (χ3v) is 9.55. The van der Waals surface area contributed by atoms with Crippen LogP contribution in [0.1, 0.15) is 45.4 Å². The van der Waals surface area contributed by atoms with Gasteiger partial charge in [0.1, 0.15) is 5.78 Å². The average molecular weight is 463 g/mol. The summed E-state index contributed by atoms with van der Waals surface area (Å²) in [5.74, 6) is 1.88. The summed E-state index contributed by atoms with van der Waals surface area (Å²) in [4.78, 5) is 11.3. The zero-order chi connectivity index (χ0) is 17.0. The summed E-state index contributed by atoms with van der Waals surface area (Å²) < 4.78 is 0. The summed E-state index contributed by atoms with van der Waals surface area (Å²) >= 11 is 36.0. The molecule has 1 fully saturated rings. The molecule has 3 atom stereocenters. The summed E-state index contributed by atoms with van der Waals surface area (Å²) in [6.45, 7) is 1.64. The predicted octanol–water partition coefficient (Wildman–Crippen LogP) is 7.09. The zero-order valence-electron chi connectivity index (χ0n) is 12.6. The van der Waals surface area contributed by atoms with Crippen molar-refractivity contribution in [2.75, 3.05) is 0 Å². The zero-order valence-corrected chi connectivity index (χ0v) is 19.1. The molecular weight excluding hydrogens is 441 g/mol. The monoisotopic (exact) mass is 460 g/mol. The van der Waals surface area contributed by atoms with E-state index in [1.54, 1.807) is 6.92 Å². The number of hydrogen-bond donors (Lipinski definition) is 0. The molecule has 9 heteroatoms. The fourth-order valence-electron chi connectivity index (χ4n) is 3.39. The Morgan fingerprint density at radius 2 is 1.32 bits per heavy atom. The van der Waals surface area contributed by atoms with Crippen LogP contribution in [0.5, 0.6) is 0 Å². The van der Waals surface area contributed by atoms with E-state index in [0.717, 1.165) is 32.1 Å². The molecule has 1 rings (SSSR count). The first-order chi connectivity index (χ1) is 9.96. The summed E-state index contributed by atoms with van der Waals surface area (Å²) in [6, 6.07) is -3.74. The van der Waals surface area contributed by atoms with Crippen LogP contribution in [0.4, 0.5) is 0 Å². The van der Waals surface area contributed by atoms with Crippen molar-refractivity contribution in [2.24, 2.45) is 17.8 Å². The Morgan fingerprint density at radius 3 is 1.77 bits per heavy atom. The lowest BCUT2D eigenvalue weighted by molar-refractivity contribution is -0.117. The Hall–Kier alpha value is 1.84. The van der Waals surface area contributed by atoms with Gasteiger partial charge in [-0.25, -0.2) is 0 Å². The Labute approximate surface area is 163 Å². The van der Waals surface area contributed by atoms with Crippen LogP contribution in [0.25, 0.3) is 0 Å². The van der Waals surface area contributed by atoms with Crippen molar-refractivity contribution in [3.05, 3.63) is 0 Å². The SMILES string of the molecule is CC(=O)CCC1CC(CC[Si](Cl)(Cl)Cl)CC1CC[Si](Cl)(Cl)Cl. The highest BCUT2D eigenvalue weighted by Gasteiger charge is 2.37. The van der Waals surface area contributed by atoms with Crippen molar-refractivity contribution >= 4 is 84.3 Å². The van der Waals surface area contributed by atoms with Crippen molar-refractivity contribution in [3.63, 3.8) is 0 Å². The van der Waals surface area contributed by atoms with Gasteiger partial charge in [-0.2, -0.15) is 0 Å². The molecule has 1 aliphatic carbocycles. The van der Waals surface area contributed by atoms with Crippen molar-refractivity contribution in [1.29, 1.82) is 0 Å². The molecule has 1 nitrogen and oxygen atoms in total. The van der Waals surface area contributed by atoms with E-state index in [0.29, 0.717) is 36.3 Å². The fourth-order valence-corrected chi connectivity index (χ4v) is 6.78. The quantitative estimate of drug-likeness (QED) is 0.264. The minimum Gasteiger partial charge on any atom is -0.300 e. The first kappa shape index (κ1) is 21.9. The maximum absolute atomic E-state index is 11.3. The highest BCUT2D eigenvalue weighted by molar-refractivity contribution is 7.65. The summed E-state index contributed by atoms with van der Waals surface area (Å²) in [6.07, 6.45) is 5.68. The Balaban J connectivity index is 2.54. The topological polar surface area (TPSA) is 17.1 Å². The summed E-state index contributed by atoms with van der Waals surface area (Å²) in [7, 11) is 0. The van der Waals surface area contributed by atoms with Crippen LogP contribution in [0.2, 0.25) is 12.1 Å². The molecular formula is C13H22Cl6OSi2. The Kier molecular flexibility index (Phi) is 9.47.